The zero-order valence-electron chi connectivity index (χ0n) is 12.0. The van der Waals surface area contributed by atoms with Gasteiger partial charge in [0.1, 0.15) is 0 Å². The Morgan fingerprint density at radius 2 is 1.79 bits per heavy atom. The van der Waals surface area contributed by atoms with Crippen LogP contribution in [0.25, 0.3) is 0 Å². The third-order valence-electron chi connectivity index (χ3n) is 4.82. The second-order valence-electron chi connectivity index (χ2n) is 6.45. The van der Waals surface area contributed by atoms with Crippen molar-refractivity contribution in [2.45, 2.75) is 77.3 Å². The molecule has 0 aromatic rings. The van der Waals surface area contributed by atoms with Gasteiger partial charge in [0, 0.05) is 18.5 Å². The van der Waals surface area contributed by atoms with Gasteiger partial charge in [-0.25, -0.2) is 0 Å². The number of carboxylic acid groups (broad SMARTS) is 1. The molecular formula is C15H25NO3. The molecule has 0 unspecified atom stereocenters. The van der Waals surface area contributed by atoms with E-state index in [-0.39, 0.29) is 18.4 Å². The lowest BCUT2D eigenvalue weighted by atomic mass is 9.66. The Morgan fingerprint density at radius 1 is 1.21 bits per heavy atom. The van der Waals surface area contributed by atoms with Crippen molar-refractivity contribution in [2.75, 3.05) is 0 Å². The van der Waals surface area contributed by atoms with Gasteiger partial charge >= 0.3 is 5.97 Å². The first kappa shape index (κ1) is 14.4. The summed E-state index contributed by atoms with van der Waals surface area (Å²) in [5.74, 6) is -0.744. The predicted octanol–water partition coefficient (Wildman–Crippen LogP) is 2.81. The van der Waals surface area contributed by atoms with Gasteiger partial charge in [0.25, 0.3) is 0 Å². The first-order valence-corrected chi connectivity index (χ1v) is 7.51. The first-order chi connectivity index (χ1) is 8.96. The Balaban J connectivity index is 2.05. The van der Waals surface area contributed by atoms with Crippen LogP contribution in [0.2, 0.25) is 0 Å². The Hall–Kier alpha value is -1.06. The topological polar surface area (TPSA) is 57.6 Å². The molecule has 0 atom stereocenters. The number of carbonyl (C=O) groups excluding carboxylic acids is 1. The number of nitrogens with zero attached hydrogens (tertiary/aromatic N) is 1. The van der Waals surface area contributed by atoms with E-state index in [1.807, 2.05) is 18.7 Å². The molecule has 0 bridgehead atoms. The summed E-state index contributed by atoms with van der Waals surface area (Å²) < 4.78 is 0. The van der Waals surface area contributed by atoms with Crippen molar-refractivity contribution in [3.8, 4) is 0 Å². The SMILES string of the molecule is CC(C)N(C(=O)CC1(C(=O)O)CCC1)C1CCCC1. The average Bonchev–Trinajstić information content (AvgIpc) is 2.75. The lowest BCUT2D eigenvalue weighted by Crippen LogP contribution is -2.48. The van der Waals surface area contributed by atoms with Crippen LogP contribution >= 0.6 is 0 Å². The van der Waals surface area contributed by atoms with E-state index >= 15 is 0 Å². The molecule has 4 heteroatoms. The summed E-state index contributed by atoms with van der Waals surface area (Å²) in [6.07, 6.45) is 6.96. The fourth-order valence-electron chi connectivity index (χ4n) is 3.55. The highest BCUT2D eigenvalue weighted by atomic mass is 16.4. The molecule has 2 aliphatic carbocycles. The standard InChI is InChI=1S/C15H25NO3/c1-11(2)16(12-6-3-4-7-12)13(17)10-15(14(18)19)8-5-9-15/h11-12H,3-10H2,1-2H3,(H,18,19). The summed E-state index contributed by atoms with van der Waals surface area (Å²) in [6, 6.07) is 0.500. The van der Waals surface area contributed by atoms with Crippen molar-refractivity contribution in [1.82, 2.24) is 4.90 Å². The largest absolute Gasteiger partial charge is 0.481 e. The summed E-state index contributed by atoms with van der Waals surface area (Å²) in [5.41, 5.74) is -0.761. The minimum Gasteiger partial charge on any atom is -0.481 e. The number of aliphatic carboxylic acids is 1. The molecule has 0 saturated heterocycles. The molecule has 2 rings (SSSR count). The predicted molar refractivity (Wildman–Crippen MR) is 72.8 cm³/mol. The molecule has 0 radical (unpaired) electrons. The van der Waals surface area contributed by atoms with E-state index in [4.69, 9.17) is 0 Å². The molecule has 0 aromatic carbocycles. The summed E-state index contributed by atoms with van der Waals surface area (Å²) in [7, 11) is 0. The molecule has 0 aromatic heterocycles. The fourth-order valence-corrected chi connectivity index (χ4v) is 3.55. The second kappa shape index (κ2) is 5.51. The number of hydrogen-bond acceptors (Lipinski definition) is 2. The van der Waals surface area contributed by atoms with E-state index in [9.17, 15) is 14.7 Å². The number of carboxylic acids is 1. The molecule has 108 valence electrons. The van der Waals surface area contributed by atoms with Crippen LogP contribution in [0.4, 0.5) is 0 Å². The van der Waals surface area contributed by atoms with Gasteiger partial charge in [-0.3, -0.25) is 9.59 Å². The summed E-state index contributed by atoms with van der Waals surface area (Å²) in [4.78, 5) is 25.9. The summed E-state index contributed by atoms with van der Waals surface area (Å²) in [6.45, 7) is 4.06. The third-order valence-corrected chi connectivity index (χ3v) is 4.82. The van der Waals surface area contributed by atoms with E-state index in [1.165, 1.54) is 12.8 Å². The lowest BCUT2D eigenvalue weighted by molar-refractivity contribution is -0.160. The monoisotopic (exact) mass is 267 g/mol. The van der Waals surface area contributed by atoms with E-state index in [1.54, 1.807) is 0 Å². The normalized spacial score (nSPS) is 22.3. The minimum absolute atomic E-state index is 0.0454. The average molecular weight is 267 g/mol. The van der Waals surface area contributed by atoms with Crippen molar-refractivity contribution in [3.63, 3.8) is 0 Å². The van der Waals surface area contributed by atoms with Crippen LogP contribution < -0.4 is 0 Å². The zero-order valence-corrected chi connectivity index (χ0v) is 12.0. The van der Waals surface area contributed by atoms with Crippen LogP contribution in [0.3, 0.4) is 0 Å². The third kappa shape index (κ3) is 2.77. The van der Waals surface area contributed by atoms with Gasteiger partial charge in [-0.05, 0) is 39.5 Å². The molecule has 2 aliphatic rings. The molecule has 1 amide bonds. The van der Waals surface area contributed by atoms with Crippen molar-refractivity contribution in [3.05, 3.63) is 0 Å². The number of carbonyl (C=O) groups is 2. The van der Waals surface area contributed by atoms with Crippen molar-refractivity contribution in [2.24, 2.45) is 5.41 Å². The van der Waals surface area contributed by atoms with Crippen LogP contribution in [0.15, 0.2) is 0 Å². The molecule has 0 heterocycles. The van der Waals surface area contributed by atoms with Crippen LogP contribution in [-0.2, 0) is 9.59 Å². The second-order valence-corrected chi connectivity index (χ2v) is 6.45. The molecule has 19 heavy (non-hydrogen) atoms. The van der Waals surface area contributed by atoms with E-state index in [0.29, 0.717) is 18.9 Å². The Morgan fingerprint density at radius 3 is 2.16 bits per heavy atom. The maximum atomic E-state index is 12.5. The van der Waals surface area contributed by atoms with Gasteiger partial charge in [-0.1, -0.05) is 19.3 Å². The van der Waals surface area contributed by atoms with Crippen molar-refractivity contribution in [1.29, 1.82) is 0 Å². The minimum atomic E-state index is -0.790. The summed E-state index contributed by atoms with van der Waals surface area (Å²) >= 11 is 0. The molecule has 0 spiro atoms. The van der Waals surface area contributed by atoms with Crippen molar-refractivity contribution < 1.29 is 14.7 Å². The molecule has 4 nitrogen and oxygen atoms in total. The van der Waals surface area contributed by atoms with Gasteiger partial charge in [-0.15, -0.1) is 0 Å². The van der Waals surface area contributed by atoms with Crippen LogP contribution in [0.1, 0.15) is 65.2 Å². The molecule has 2 fully saturated rings. The van der Waals surface area contributed by atoms with Gasteiger partial charge < -0.3 is 10.0 Å². The highest BCUT2D eigenvalue weighted by molar-refractivity contribution is 5.86. The fraction of sp³-hybridized carbons (Fsp3) is 0.867. The van der Waals surface area contributed by atoms with E-state index in [0.717, 1.165) is 19.3 Å². The Bertz CT molecular complexity index is 354. The number of amides is 1. The highest BCUT2D eigenvalue weighted by Gasteiger charge is 2.47. The summed E-state index contributed by atoms with van der Waals surface area (Å²) in [5, 5.41) is 9.35. The zero-order chi connectivity index (χ0) is 14.0. The number of rotatable bonds is 5. The van der Waals surface area contributed by atoms with Crippen LogP contribution in [0, 0.1) is 5.41 Å². The Kier molecular flexibility index (Phi) is 4.16. The Labute approximate surface area is 115 Å². The van der Waals surface area contributed by atoms with Crippen molar-refractivity contribution >= 4 is 11.9 Å². The maximum Gasteiger partial charge on any atom is 0.310 e. The number of hydrogen-bond donors (Lipinski definition) is 1. The maximum absolute atomic E-state index is 12.5. The molecule has 0 aliphatic heterocycles. The van der Waals surface area contributed by atoms with Crippen LogP contribution in [0.5, 0.6) is 0 Å². The smallest absolute Gasteiger partial charge is 0.310 e. The lowest BCUT2D eigenvalue weighted by Gasteiger charge is -2.40. The first-order valence-electron chi connectivity index (χ1n) is 7.51. The quantitative estimate of drug-likeness (QED) is 0.833. The van der Waals surface area contributed by atoms with E-state index in [2.05, 4.69) is 0 Å². The van der Waals surface area contributed by atoms with Gasteiger partial charge in [0.15, 0.2) is 0 Å². The van der Waals surface area contributed by atoms with Gasteiger partial charge in [-0.2, -0.15) is 0 Å². The molecular weight excluding hydrogens is 242 g/mol. The van der Waals surface area contributed by atoms with Gasteiger partial charge in [0.2, 0.25) is 5.91 Å². The molecule has 1 N–H and O–H groups in total. The highest BCUT2D eigenvalue weighted by Crippen LogP contribution is 2.45. The molecule has 2 saturated carbocycles. The van der Waals surface area contributed by atoms with Crippen LogP contribution in [-0.4, -0.2) is 34.0 Å². The van der Waals surface area contributed by atoms with E-state index < -0.39 is 11.4 Å². The van der Waals surface area contributed by atoms with Gasteiger partial charge in [0.05, 0.1) is 5.41 Å².